The van der Waals surface area contributed by atoms with Crippen molar-refractivity contribution in [2.24, 2.45) is 0 Å². The fourth-order valence-electron chi connectivity index (χ4n) is 3.54. The number of ether oxygens (including phenoxy) is 1. The van der Waals surface area contributed by atoms with Crippen LogP contribution in [-0.2, 0) is 11.3 Å². The van der Waals surface area contributed by atoms with Gasteiger partial charge in [-0.25, -0.2) is 9.18 Å². The van der Waals surface area contributed by atoms with E-state index in [0.717, 1.165) is 5.56 Å². The first-order chi connectivity index (χ1) is 14.1. The molecule has 0 bridgehead atoms. The number of aromatic nitrogens is 1. The van der Waals surface area contributed by atoms with E-state index >= 15 is 0 Å². The largest absolute Gasteiger partial charge is 0.464 e. The van der Waals surface area contributed by atoms with Crippen molar-refractivity contribution in [2.45, 2.75) is 6.54 Å². The molecule has 29 heavy (non-hydrogen) atoms. The summed E-state index contributed by atoms with van der Waals surface area (Å²) in [5.41, 5.74) is 1.77. The van der Waals surface area contributed by atoms with Crippen LogP contribution in [0.15, 0.2) is 83.7 Å². The number of hydrogen-bond acceptors (Lipinski definition) is 3. The molecule has 0 saturated heterocycles. The summed E-state index contributed by atoms with van der Waals surface area (Å²) in [6.45, 7) is 0.192. The Morgan fingerprint density at radius 3 is 2.24 bits per heavy atom. The van der Waals surface area contributed by atoms with Crippen molar-refractivity contribution in [3.63, 3.8) is 0 Å². The molecule has 0 aliphatic rings. The zero-order chi connectivity index (χ0) is 20.4. The maximum absolute atomic E-state index is 14.1. The summed E-state index contributed by atoms with van der Waals surface area (Å²) in [4.78, 5) is 26.1. The molecule has 3 aromatic carbocycles. The number of carbonyl (C=O) groups excluding carboxylic acids is 1. The Hall–Kier alpha value is -3.73. The molecule has 0 spiro atoms. The van der Waals surface area contributed by atoms with E-state index in [1.807, 2.05) is 60.7 Å². The Bertz CT molecular complexity index is 1250. The second-order valence-corrected chi connectivity index (χ2v) is 6.65. The van der Waals surface area contributed by atoms with Crippen molar-refractivity contribution in [2.75, 3.05) is 7.11 Å². The molecule has 0 N–H and O–H groups in total. The zero-order valence-corrected chi connectivity index (χ0v) is 15.8. The van der Waals surface area contributed by atoms with Crippen LogP contribution in [0.1, 0.15) is 16.1 Å². The highest BCUT2D eigenvalue weighted by atomic mass is 19.1. The molecule has 144 valence electrons. The molecule has 0 unspecified atom stereocenters. The second kappa shape index (κ2) is 7.72. The number of carbonyl (C=O) groups is 1. The zero-order valence-electron chi connectivity index (χ0n) is 15.8. The van der Waals surface area contributed by atoms with Gasteiger partial charge in [0.25, 0.3) is 5.56 Å². The lowest BCUT2D eigenvalue weighted by Crippen LogP contribution is -2.28. The van der Waals surface area contributed by atoms with E-state index in [2.05, 4.69) is 0 Å². The first-order valence-corrected chi connectivity index (χ1v) is 9.14. The van der Waals surface area contributed by atoms with Gasteiger partial charge in [0.1, 0.15) is 11.5 Å². The van der Waals surface area contributed by atoms with Gasteiger partial charge >= 0.3 is 5.97 Å². The minimum atomic E-state index is -0.650. The Morgan fingerprint density at radius 2 is 1.59 bits per heavy atom. The van der Waals surface area contributed by atoms with Crippen molar-refractivity contribution >= 4 is 16.7 Å². The second-order valence-electron chi connectivity index (χ2n) is 6.65. The van der Waals surface area contributed by atoms with E-state index < -0.39 is 11.8 Å². The number of esters is 1. The van der Waals surface area contributed by atoms with Gasteiger partial charge in [-0.1, -0.05) is 60.7 Å². The van der Waals surface area contributed by atoms with Crippen molar-refractivity contribution < 1.29 is 13.9 Å². The molecule has 0 atom stereocenters. The molecular formula is C24H18FNO3. The van der Waals surface area contributed by atoms with Crippen LogP contribution < -0.4 is 5.56 Å². The molecule has 0 fully saturated rings. The van der Waals surface area contributed by atoms with Crippen LogP contribution in [0, 0.1) is 5.82 Å². The first kappa shape index (κ1) is 18.6. The minimum Gasteiger partial charge on any atom is -0.464 e. The lowest BCUT2D eigenvalue weighted by Gasteiger charge is -2.19. The molecule has 0 radical (unpaired) electrons. The van der Waals surface area contributed by atoms with E-state index in [1.165, 1.54) is 29.9 Å². The molecule has 0 aliphatic heterocycles. The summed E-state index contributed by atoms with van der Waals surface area (Å²) in [6.07, 6.45) is 0. The number of benzene rings is 3. The average molecular weight is 387 g/mol. The first-order valence-electron chi connectivity index (χ1n) is 9.14. The fraction of sp³-hybridized carbons (Fsp3) is 0.0833. The van der Waals surface area contributed by atoms with Crippen molar-refractivity contribution in [1.82, 2.24) is 4.57 Å². The highest BCUT2D eigenvalue weighted by Gasteiger charge is 2.24. The molecule has 4 aromatic rings. The Labute approximate surface area is 166 Å². The molecular weight excluding hydrogens is 369 g/mol. The van der Waals surface area contributed by atoms with Gasteiger partial charge in [-0.2, -0.15) is 0 Å². The minimum absolute atomic E-state index is 0.102. The quantitative estimate of drug-likeness (QED) is 0.479. The molecule has 4 nitrogen and oxygen atoms in total. The monoisotopic (exact) mass is 387 g/mol. The van der Waals surface area contributed by atoms with Crippen LogP contribution in [0.5, 0.6) is 0 Å². The molecule has 4 rings (SSSR count). The molecule has 0 aliphatic carbocycles. The van der Waals surface area contributed by atoms with Crippen LogP contribution in [-0.4, -0.2) is 17.6 Å². The highest BCUT2D eigenvalue weighted by molar-refractivity contribution is 6.06. The van der Waals surface area contributed by atoms with Gasteiger partial charge in [0.05, 0.1) is 13.7 Å². The van der Waals surface area contributed by atoms with Crippen molar-refractivity contribution in [3.8, 4) is 11.1 Å². The van der Waals surface area contributed by atoms with Gasteiger partial charge < -0.3 is 4.74 Å². The van der Waals surface area contributed by atoms with Gasteiger partial charge in [0.2, 0.25) is 0 Å². The lowest BCUT2D eigenvalue weighted by molar-refractivity contribution is 0.0588. The molecule has 1 heterocycles. The summed E-state index contributed by atoms with van der Waals surface area (Å²) >= 11 is 0. The van der Waals surface area contributed by atoms with Crippen molar-refractivity contribution in [1.29, 1.82) is 0 Å². The van der Waals surface area contributed by atoms with E-state index in [9.17, 15) is 14.0 Å². The lowest BCUT2D eigenvalue weighted by atomic mass is 9.96. The maximum atomic E-state index is 14.1. The third-order valence-electron chi connectivity index (χ3n) is 4.86. The number of halogens is 1. The van der Waals surface area contributed by atoms with E-state index in [4.69, 9.17) is 4.74 Å². The van der Waals surface area contributed by atoms with Gasteiger partial charge in [0, 0.05) is 16.3 Å². The standard InChI is InChI=1S/C24H18FNO3/c1-29-24(28)22-21(17-10-6-3-7-11-17)20-14-18(25)12-13-19(20)23(27)26(22)15-16-8-4-2-5-9-16/h2-14H,15H2,1H3. The summed E-state index contributed by atoms with van der Waals surface area (Å²) in [7, 11) is 1.27. The average Bonchev–Trinajstić information content (AvgIpc) is 2.76. The predicted molar refractivity (Wildman–Crippen MR) is 110 cm³/mol. The number of methoxy groups -OCH3 is 1. The van der Waals surface area contributed by atoms with Crippen LogP contribution in [0.3, 0.4) is 0 Å². The summed E-state index contributed by atoms with van der Waals surface area (Å²) in [5.74, 6) is -1.13. The SMILES string of the molecule is COC(=O)c1c(-c2ccccc2)c2cc(F)ccc2c(=O)n1Cc1ccccc1. The molecule has 0 saturated carbocycles. The normalized spacial score (nSPS) is 10.8. The maximum Gasteiger partial charge on any atom is 0.355 e. The van der Waals surface area contributed by atoms with E-state index in [-0.39, 0.29) is 17.8 Å². The fourth-order valence-corrected chi connectivity index (χ4v) is 3.54. The molecule has 0 amide bonds. The number of pyridine rings is 1. The summed E-state index contributed by atoms with van der Waals surface area (Å²) in [6, 6.07) is 22.5. The number of rotatable bonds is 4. The number of fused-ring (bicyclic) bond motifs is 1. The van der Waals surface area contributed by atoms with Crippen LogP contribution >= 0.6 is 0 Å². The third-order valence-corrected chi connectivity index (χ3v) is 4.86. The highest BCUT2D eigenvalue weighted by Crippen LogP contribution is 2.32. The van der Waals surface area contributed by atoms with Gasteiger partial charge in [-0.15, -0.1) is 0 Å². The van der Waals surface area contributed by atoms with E-state index in [1.54, 1.807) is 0 Å². The Kier molecular flexibility index (Phi) is 4.96. The van der Waals surface area contributed by atoms with Crippen LogP contribution in [0.2, 0.25) is 0 Å². The van der Waals surface area contributed by atoms with Gasteiger partial charge in [-0.3, -0.25) is 9.36 Å². The molecule has 5 heteroatoms. The van der Waals surface area contributed by atoms with Crippen LogP contribution in [0.4, 0.5) is 4.39 Å². The Morgan fingerprint density at radius 1 is 0.931 bits per heavy atom. The predicted octanol–water partition coefficient (Wildman–Crippen LogP) is 4.64. The smallest absolute Gasteiger partial charge is 0.355 e. The van der Waals surface area contributed by atoms with Crippen molar-refractivity contribution in [3.05, 3.63) is 106 Å². The summed E-state index contributed by atoms with van der Waals surface area (Å²) < 4.78 is 20.5. The van der Waals surface area contributed by atoms with E-state index in [0.29, 0.717) is 21.9 Å². The third kappa shape index (κ3) is 3.43. The van der Waals surface area contributed by atoms with Gasteiger partial charge in [-0.05, 0) is 29.3 Å². The topological polar surface area (TPSA) is 48.3 Å². The Balaban J connectivity index is 2.14. The van der Waals surface area contributed by atoms with Gasteiger partial charge in [0.15, 0.2) is 0 Å². The summed E-state index contributed by atoms with van der Waals surface area (Å²) in [5, 5.41) is 0.722. The number of nitrogens with zero attached hydrogens (tertiary/aromatic N) is 1. The number of hydrogen-bond donors (Lipinski definition) is 0. The molecule has 1 aromatic heterocycles. The van der Waals surface area contributed by atoms with Crippen LogP contribution in [0.25, 0.3) is 21.9 Å².